The minimum Gasteiger partial charge on any atom is -0.500 e. The van der Waals surface area contributed by atoms with Crippen LogP contribution < -0.4 is 0 Å². The van der Waals surface area contributed by atoms with E-state index in [2.05, 4.69) is 17.0 Å². The number of nitrogens with zero attached hydrogens (tertiary/aromatic N) is 1. The van der Waals surface area contributed by atoms with Crippen LogP contribution >= 0.6 is 0 Å². The molecule has 0 radical (unpaired) electrons. The lowest BCUT2D eigenvalue weighted by molar-refractivity contribution is -0.139. The van der Waals surface area contributed by atoms with Crippen molar-refractivity contribution < 1.29 is 19.0 Å². The second-order valence-corrected chi connectivity index (χ2v) is 6.63. The van der Waals surface area contributed by atoms with E-state index in [4.69, 9.17) is 14.2 Å². The average molecular weight is 345 g/mol. The van der Waals surface area contributed by atoms with E-state index in [0.717, 1.165) is 25.1 Å². The number of piperidine rings is 1. The van der Waals surface area contributed by atoms with Crippen LogP contribution in [0.4, 0.5) is 0 Å². The van der Waals surface area contributed by atoms with E-state index in [9.17, 15) is 4.79 Å². The number of ether oxygens (including phenoxy) is 3. The van der Waals surface area contributed by atoms with Crippen molar-refractivity contribution in [2.45, 2.75) is 32.4 Å². The van der Waals surface area contributed by atoms with Gasteiger partial charge in [0.2, 0.25) is 0 Å². The van der Waals surface area contributed by atoms with Gasteiger partial charge in [-0.15, -0.1) is 0 Å². The van der Waals surface area contributed by atoms with Gasteiger partial charge in [0.15, 0.2) is 0 Å². The maximum Gasteiger partial charge on any atom is 0.338 e. The van der Waals surface area contributed by atoms with Crippen LogP contribution in [0.25, 0.3) is 0 Å². The van der Waals surface area contributed by atoms with Crippen LogP contribution in [-0.2, 0) is 25.6 Å². The number of esters is 1. The van der Waals surface area contributed by atoms with Crippen molar-refractivity contribution in [1.29, 1.82) is 0 Å². The highest BCUT2D eigenvalue weighted by molar-refractivity contribution is 5.89. The molecule has 1 aromatic rings. The normalized spacial score (nSPS) is 25.6. The summed E-state index contributed by atoms with van der Waals surface area (Å²) in [5.41, 5.74) is 1.86. The minimum atomic E-state index is -0.250. The second-order valence-electron chi connectivity index (χ2n) is 6.63. The third-order valence-corrected chi connectivity index (χ3v) is 5.01. The Morgan fingerprint density at radius 3 is 2.76 bits per heavy atom. The molecule has 0 spiro atoms. The highest BCUT2D eigenvalue weighted by Crippen LogP contribution is 2.35. The van der Waals surface area contributed by atoms with Crippen LogP contribution in [0.15, 0.2) is 41.7 Å². The fourth-order valence-corrected chi connectivity index (χ4v) is 3.78. The van der Waals surface area contributed by atoms with E-state index in [1.54, 1.807) is 7.11 Å². The number of carbonyl (C=O) groups excluding carboxylic acids is 1. The third-order valence-electron chi connectivity index (χ3n) is 5.01. The van der Waals surface area contributed by atoms with Crippen LogP contribution in [-0.4, -0.2) is 50.3 Å². The van der Waals surface area contributed by atoms with Gasteiger partial charge >= 0.3 is 5.97 Å². The van der Waals surface area contributed by atoms with Gasteiger partial charge in [-0.05, 0) is 25.3 Å². The summed E-state index contributed by atoms with van der Waals surface area (Å²) in [6, 6.07) is 10.5. The summed E-state index contributed by atoms with van der Waals surface area (Å²) < 4.78 is 16.7. The Labute approximate surface area is 149 Å². The first-order valence-electron chi connectivity index (χ1n) is 9.02. The number of benzene rings is 1. The predicted molar refractivity (Wildman–Crippen MR) is 94.9 cm³/mol. The molecule has 3 rings (SSSR count). The van der Waals surface area contributed by atoms with Crippen molar-refractivity contribution in [2.75, 3.05) is 33.4 Å². The van der Waals surface area contributed by atoms with Crippen LogP contribution in [0.2, 0.25) is 0 Å². The number of rotatable bonds is 7. The molecular formula is C20H27NO4. The van der Waals surface area contributed by atoms with Gasteiger partial charge in [-0.2, -0.15) is 0 Å². The summed E-state index contributed by atoms with van der Waals surface area (Å²) in [6.07, 6.45) is 2.07. The molecule has 0 N–H and O–H groups in total. The standard InChI is InChI=1S/C20H27NO4/c1-3-25-20(22)18-12-21-11-16(19(18)23-2)9-10-17(21)14-24-13-15-7-5-4-6-8-15/h4-8,16-17H,3,9-14H2,1-2H3. The maximum absolute atomic E-state index is 12.3. The van der Waals surface area contributed by atoms with Crippen LogP contribution in [0, 0.1) is 5.92 Å². The topological polar surface area (TPSA) is 48.0 Å². The summed E-state index contributed by atoms with van der Waals surface area (Å²) in [4.78, 5) is 14.6. The predicted octanol–water partition coefficient (Wildman–Crippen LogP) is 2.76. The van der Waals surface area contributed by atoms with E-state index in [1.807, 2.05) is 25.1 Å². The lowest BCUT2D eigenvalue weighted by Gasteiger charge is -2.43. The molecule has 2 bridgehead atoms. The fraction of sp³-hybridized carbons (Fsp3) is 0.550. The molecule has 0 aliphatic carbocycles. The average Bonchev–Trinajstić information content (AvgIpc) is 2.64. The van der Waals surface area contributed by atoms with Gasteiger partial charge in [0, 0.05) is 25.0 Å². The second kappa shape index (κ2) is 8.50. The lowest BCUT2D eigenvalue weighted by Crippen LogP contribution is -2.51. The number of carbonyl (C=O) groups is 1. The van der Waals surface area contributed by atoms with Crippen LogP contribution in [0.1, 0.15) is 25.3 Å². The van der Waals surface area contributed by atoms with Gasteiger partial charge in [0.05, 0.1) is 32.5 Å². The van der Waals surface area contributed by atoms with E-state index in [1.165, 1.54) is 5.56 Å². The molecule has 2 aliphatic heterocycles. The van der Waals surface area contributed by atoms with E-state index in [0.29, 0.717) is 38.0 Å². The molecule has 0 aromatic heterocycles. The molecule has 2 heterocycles. The van der Waals surface area contributed by atoms with Gasteiger partial charge in [-0.3, -0.25) is 4.90 Å². The largest absolute Gasteiger partial charge is 0.500 e. The van der Waals surface area contributed by atoms with Crippen molar-refractivity contribution in [3.63, 3.8) is 0 Å². The van der Waals surface area contributed by atoms with Gasteiger partial charge in [0.25, 0.3) is 0 Å². The molecule has 0 amide bonds. The number of hydrogen-bond acceptors (Lipinski definition) is 5. The molecule has 5 nitrogen and oxygen atoms in total. The lowest BCUT2D eigenvalue weighted by atomic mass is 9.85. The third kappa shape index (κ3) is 4.22. The summed E-state index contributed by atoms with van der Waals surface area (Å²) in [6.45, 7) is 5.02. The van der Waals surface area contributed by atoms with E-state index in [-0.39, 0.29) is 11.9 Å². The highest BCUT2D eigenvalue weighted by atomic mass is 16.5. The zero-order valence-electron chi connectivity index (χ0n) is 15.1. The van der Waals surface area contributed by atoms with Crippen LogP contribution in [0.5, 0.6) is 0 Å². The molecule has 136 valence electrons. The van der Waals surface area contributed by atoms with Gasteiger partial charge in [-0.1, -0.05) is 30.3 Å². The van der Waals surface area contributed by atoms with Crippen LogP contribution in [0.3, 0.4) is 0 Å². The highest BCUT2D eigenvalue weighted by Gasteiger charge is 2.39. The maximum atomic E-state index is 12.3. The number of fused-ring (bicyclic) bond motifs is 2. The summed E-state index contributed by atoms with van der Waals surface area (Å²) in [5, 5.41) is 0. The molecule has 1 fully saturated rings. The summed E-state index contributed by atoms with van der Waals surface area (Å²) >= 11 is 0. The van der Waals surface area contributed by atoms with Gasteiger partial charge < -0.3 is 14.2 Å². The first-order chi connectivity index (χ1) is 12.2. The van der Waals surface area contributed by atoms with Crippen molar-refractivity contribution in [2.24, 2.45) is 5.92 Å². The molecule has 0 saturated carbocycles. The van der Waals surface area contributed by atoms with Crippen molar-refractivity contribution in [1.82, 2.24) is 4.90 Å². The van der Waals surface area contributed by atoms with E-state index >= 15 is 0 Å². The first kappa shape index (κ1) is 18.0. The molecule has 3 atom stereocenters. The Morgan fingerprint density at radius 1 is 1.24 bits per heavy atom. The number of hydrogen-bond donors (Lipinski definition) is 0. The Kier molecular flexibility index (Phi) is 6.10. The molecule has 3 unspecified atom stereocenters. The molecule has 2 aliphatic rings. The molecular weight excluding hydrogens is 318 g/mol. The molecule has 5 heteroatoms. The summed E-state index contributed by atoms with van der Waals surface area (Å²) in [5.74, 6) is 0.849. The van der Waals surface area contributed by atoms with Crippen molar-refractivity contribution >= 4 is 5.97 Å². The van der Waals surface area contributed by atoms with Crippen molar-refractivity contribution in [3.05, 3.63) is 47.2 Å². The SMILES string of the molecule is CCOC(=O)C1=C(OC)C2CCC(COCc3ccccc3)N(C1)C2. The Morgan fingerprint density at radius 2 is 2.04 bits per heavy atom. The van der Waals surface area contributed by atoms with E-state index < -0.39 is 0 Å². The van der Waals surface area contributed by atoms with Crippen molar-refractivity contribution in [3.8, 4) is 0 Å². The summed E-state index contributed by atoms with van der Waals surface area (Å²) in [7, 11) is 1.65. The minimum absolute atomic E-state index is 0.250. The molecule has 1 aromatic carbocycles. The van der Waals surface area contributed by atoms with Gasteiger partial charge in [0.1, 0.15) is 5.76 Å². The molecule has 25 heavy (non-hydrogen) atoms. The zero-order valence-corrected chi connectivity index (χ0v) is 15.1. The smallest absolute Gasteiger partial charge is 0.338 e. The first-order valence-corrected chi connectivity index (χ1v) is 9.02. The fourth-order valence-electron chi connectivity index (χ4n) is 3.78. The zero-order chi connectivity index (χ0) is 17.6. The monoisotopic (exact) mass is 345 g/mol. The Bertz CT molecular complexity index is 613. The van der Waals surface area contributed by atoms with Gasteiger partial charge in [-0.25, -0.2) is 4.79 Å². The quantitative estimate of drug-likeness (QED) is 0.711. The Balaban J connectivity index is 1.61. The molecule has 1 saturated heterocycles. The Hall–Kier alpha value is -1.85. The number of methoxy groups -OCH3 is 1.